The number of rotatable bonds is 7. The summed E-state index contributed by atoms with van der Waals surface area (Å²) in [6.07, 6.45) is -0.654. The summed E-state index contributed by atoms with van der Waals surface area (Å²) in [5.74, 6) is 0.414. The molecule has 0 aliphatic carbocycles. The fourth-order valence-electron chi connectivity index (χ4n) is 4.29. The lowest BCUT2D eigenvalue weighted by Crippen LogP contribution is -2.53. The molecule has 4 rings (SSSR count). The average Bonchev–Trinajstić information content (AvgIpc) is 2.85. The van der Waals surface area contributed by atoms with Crippen LogP contribution in [0.2, 0.25) is 0 Å². The predicted octanol–water partition coefficient (Wildman–Crippen LogP) is 2.60. The first-order chi connectivity index (χ1) is 16.1. The summed E-state index contributed by atoms with van der Waals surface area (Å²) < 4.78 is 11.4. The lowest BCUT2D eigenvalue weighted by atomic mass is 10.1. The van der Waals surface area contributed by atoms with Gasteiger partial charge < -0.3 is 29.5 Å². The maximum Gasteiger partial charge on any atom is 0.265 e. The Kier molecular flexibility index (Phi) is 7.34. The topological polar surface area (TPSA) is 74.4 Å². The number of anilines is 3. The maximum absolute atomic E-state index is 13.0. The van der Waals surface area contributed by atoms with E-state index in [1.807, 2.05) is 53.4 Å². The van der Waals surface area contributed by atoms with E-state index in [-0.39, 0.29) is 18.4 Å². The molecule has 2 aliphatic heterocycles. The van der Waals surface area contributed by atoms with Gasteiger partial charge in [-0.1, -0.05) is 12.1 Å². The summed E-state index contributed by atoms with van der Waals surface area (Å²) in [5.41, 5.74) is 2.69. The van der Waals surface area contributed by atoms with Crippen molar-refractivity contribution in [3.63, 3.8) is 0 Å². The molecule has 2 aliphatic rings. The van der Waals surface area contributed by atoms with Gasteiger partial charge in [0, 0.05) is 37.6 Å². The Morgan fingerprint density at radius 2 is 1.73 bits per heavy atom. The minimum absolute atomic E-state index is 0.0646. The number of amides is 2. The smallest absolute Gasteiger partial charge is 0.265 e. The molecule has 0 unspecified atom stereocenters. The van der Waals surface area contributed by atoms with E-state index in [1.54, 1.807) is 4.90 Å². The summed E-state index contributed by atoms with van der Waals surface area (Å²) in [4.78, 5) is 31.9. The molecular weight excluding hydrogens is 420 g/mol. The van der Waals surface area contributed by atoms with Crippen molar-refractivity contribution in [1.29, 1.82) is 0 Å². The summed E-state index contributed by atoms with van der Waals surface area (Å²) in [6.45, 7) is 8.75. The quantitative estimate of drug-likeness (QED) is 0.696. The van der Waals surface area contributed by atoms with Crippen LogP contribution in [-0.4, -0.2) is 75.3 Å². The summed E-state index contributed by atoms with van der Waals surface area (Å²) in [5, 5.41) is 2.98. The van der Waals surface area contributed by atoms with Crippen LogP contribution in [0.4, 0.5) is 17.1 Å². The van der Waals surface area contributed by atoms with Gasteiger partial charge in [0.15, 0.2) is 6.10 Å². The Bertz CT molecular complexity index is 955. The molecule has 1 atom stereocenters. The lowest BCUT2D eigenvalue weighted by Gasteiger charge is -2.38. The van der Waals surface area contributed by atoms with E-state index in [4.69, 9.17) is 9.47 Å². The SMILES string of the molecule is CCN(CC)c1ccc(NC(=O)CN2C[C@H](C(=O)N3CCOCC3)Oc3ccccc32)cc1. The number of para-hydroxylation sites is 2. The first-order valence-electron chi connectivity index (χ1n) is 11.6. The van der Waals surface area contributed by atoms with Gasteiger partial charge in [0.2, 0.25) is 5.91 Å². The second-order valence-electron chi connectivity index (χ2n) is 8.16. The van der Waals surface area contributed by atoms with Gasteiger partial charge in [-0.25, -0.2) is 0 Å². The number of benzene rings is 2. The highest BCUT2D eigenvalue weighted by Crippen LogP contribution is 2.33. The molecule has 0 radical (unpaired) electrons. The number of hydrogen-bond donors (Lipinski definition) is 1. The predicted molar refractivity (Wildman–Crippen MR) is 129 cm³/mol. The van der Waals surface area contributed by atoms with Crippen molar-refractivity contribution in [2.45, 2.75) is 20.0 Å². The van der Waals surface area contributed by atoms with Crippen LogP contribution in [0.3, 0.4) is 0 Å². The number of ether oxygens (including phenoxy) is 2. The Labute approximate surface area is 195 Å². The molecule has 1 N–H and O–H groups in total. The summed E-state index contributed by atoms with van der Waals surface area (Å²) in [6, 6.07) is 15.4. The lowest BCUT2D eigenvalue weighted by molar-refractivity contribution is -0.142. The fraction of sp³-hybridized carbons (Fsp3) is 0.440. The molecule has 2 amide bonds. The van der Waals surface area contributed by atoms with Crippen molar-refractivity contribution in [3.8, 4) is 5.75 Å². The van der Waals surface area contributed by atoms with E-state index in [0.29, 0.717) is 38.6 Å². The van der Waals surface area contributed by atoms with Crippen LogP contribution in [0, 0.1) is 0 Å². The second kappa shape index (κ2) is 10.6. The molecule has 0 bridgehead atoms. The summed E-state index contributed by atoms with van der Waals surface area (Å²) in [7, 11) is 0. The van der Waals surface area contributed by atoms with Gasteiger partial charge in [-0.05, 0) is 50.2 Å². The molecule has 33 heavy (non-hydrogen) atoms. The van der Waals surface area contributed by atoms with Crippen molar-refractivity contribution in [1.82, 2.24) is 4.90 Å². The molecule has 2 aromatic rings. The van der Waals surface area contributed by atoms with Crippen molar-refractivity contribution in [2.75, 3.05) is 67.6 Å². The van der Waals surface area contributed by atoms with E-state index in [1.165, 1.54) is 0 Å². The first-order valence-corrected chi connectivity index (χ1v) is 11.6. The Balaban J connectivity index is 1.43. The van der Waals surface area contributed by atoms with Crippen LogP contribution in [0.15, 0.2) is 48.5 Å². The molecule has 8 nitrogen and oxygen atoms in total. The zero-order valence-corrected chi connectivity index (χ0v) is 19.3. The van der Waals surface area contributed by atoms with E-state index in [0.717, 1.165) is 30.2 Å². The Morgan fingerprint density at radius 3 is 2.42 bits per heavy atom. The molecule has 176 valence electrons. The number of nitrogens with zero attached hydrogens (tertiary/aromatic N) is 3. The number of fused-ring (bicyclic) bond motifs is 1. The van der Waals surface area contributed by atoms with Crippen molar-refractivity contribution in [2.24, 2.45) is 0 Å². The van der Waals surface area contributed by atoms with Gasteiger partial charge in [-0.3, -0.25) is 9.59 Å². The van der Waals surface area contributed by atoms with Crippen molar-refractivity contribution >= 4 is 28.9 Å². The van der Waals surface area contributed by atoms with Gasteiger partial charge in [-0.15, -0.1) is 0 Å². The van der Waals surface area contributed by atoms with Crippen LogP contribution in [-0.2, 0) is 14.3 Å². The highest BCUT2D eigenvalue weighted by Gasteiger charge is 2.34. The number of carbonyl (C=O) groups is 2. The van der Waals surface area contributed by atoms with Gasteiger partial charge in [-0.2, -0.15) is 0 Å². The van der Waals surface area contributed by atoms with Crippen molar-refractivity contribution in [3.05, 3.63) is 48.5 Å². The molecule has 1 fully saturated rings. The standard InChI is InChI=1S/C25H32N4O4/c1-3-27(4-2)20-11-9-19(10-12-20)26-24(30)18-29-17-23(25(31)28-13-15-32-16-14-28)33-22-8-6-5-7-21(22)29/h5-12,23H,3-4,13-18H2,1-2H3,(H,26,30)/t23-/m1/s1. The molecule has 0 saturated carbocycles. The minimum atomic E-state index is -0.654. The van der Waals surface area contributed by atoms with Crippen LogP contribution in [0.25, 0.3) is 0 Å². The number of hydrogen-bond acceptors (Lipinski definition) is 6. The van der Waals surface area contributed by atoms with E-state index in [2.05, 4.69) is 24.1 Å². The Hall–Kier alpha value is -3.26. The first kappa shape index (κ1) is 22.9. The molecular formula is C25H32N4O4. The zero-order chi connectivity index (χ0) is 23.2. The normalized spacial score (nSPS) is 17.7. The molecule has 8 heteroatoms. The van der Waals surface area contributed by atoms with Crippen LogP contribution in [0.5, 0.6) is 5.75 Å². The number of morpholine rings is 1. The monoisotopic (exact) mass is 452 g/mol. The second-order valence-corrected chi connectivity index (χ2v) is 8.16. The van der Waals surface area contributed by atoms with Crippen LogP contribution in [0.1, 0.15) is 13.8 Å². The highest BCUT2D eigenvalue weighted by atomic mass is 16.5. The average molecular weight is 453 g/mol. The third kappa shape index (κ3) is 5.39. The van der Waals surface area contributed by atoms with Crippen LogP contribution >= 0.6 is 0 Å². The summed E-state index contributed by atoms with van der Waals surface area (Å²) >= 11 is 0. The largest absolute Gasteiger partial charge is 0.477 e. The zero-order valence-electron chi connectivity index (χ0n) is 19.3. The molecule has 2 aromatic carbocycles. The van der Waals surface area contributed by atoms with E-state index < -0.39 is 6.10 Å². The van der Waals surface area contributed by atoms with Gasteiger partial charge >= 0.3 is 0 Å². The van der Waals surface area contributed by atoms with Gasteiger partial charge in [0.1, 0.15) is 5.75 Å². The Morgan fingerprint density at radius 1 is 1.03 bits per heavy atom. The highest BCUT2D eigenvalue weighted by molar-refractivity contribution is 5.95. The van der Waals surface area contributed by atoms with Gasteiger partial charge in [0.25, 0.3) is 5.91 Å². The van der Waals surface area contributed by atoms with Crippen molar-refractivity contribution < 1.29 is 19.1 Å². The molecule has 1 saturated heterocycles. The number of nitrogens with one attached hydrogen (secondary N) is 1. The molecule has 0 spiro atoms. The van der Waals surface area contributed by atoms with Crippen LogP contribution < -0.4 is 19.9 Å². The van der Waals surface area contributed by atoms with E-state index >= 15 is 0 Å². The minimum Gasteiger partial charge on any atom is -0.477 e. The van der Waals surface area contributed by atoms with E-state index in [9.17, 15) is 9.59 Å². The fourth-order valence-corrected chi connectivity index (χ4v) is 4.29. The number of carbonyl (C=O) groups excluding carboxylic acids is 2. The third-order valence-electron chi connectivity index (χ3n) is 6.07. The maximum atomic E-state index is 13.0. The van der Waals surface area contributed by atoms with Gasteiger partial charge in [0.05, 0.1) is 32.0 Å². The third-order valence-corrected chi connectivity index (χ3v) is 6.07. The molecule has 2 heterocycles. The molecule has 0 aromatic heterocycles.